The molecule has 28 heavy (non-hydrogen) atoms. The highest BCUT2D eigenvalue weighted by molar-refractivity contribution is 5.46. The van der Waals surface area contributed by atoms with Crippen molar-refractivity contribution in [3.63, 3.8) is 0 Å². The van der Waals surface area contributed by atoms with E-state index in [0.29, 0.717) is 17.3 Å². The Labute approximate surface area is 176 Å². The van der Waals surface area contributed by atoms with Gasteiger partial charge in [0.2, 0.25) is 6.41 Å². The highest BCUT2D eigenvalue weighted by atomic mass is 16.1. The van der Waals surface area contributed by atoms with Gasteiger partial charge >= 0.3 is 0 Å². The predicted octanol–water partition coefficient (Wildman–Crippen LogP) is 7.56. The van der Waals surface area contributed by atoms with Gasteiger partial charge in [-0.2, -0.15) is 0 Å². The van der Waals surface area contributed by atoms with E-state index in [9.17, 15) is 4.79 Å². The van der Waals surface area contributed by atoms with E-state index in [1.807, 2.05) is 27.7 Å². The van der Waals surface area contributed by atoms with Crippen LogP contribution < -0.4 is 5.32 Å². The minimum Gasteiger partial charge on any atom is -0.358 e. The first-order valence-electron chi connectivity index (χ1n) is 11.5. The van der Waals surface area contributed by atoms with Crippen molar-refractivity contribution in [3.8, 4) is 0 Å². The minimum absolute atomic E-state index is 0. The summed E-state index contributed by atoms with van der Waals surface area (Å²) in [5.74, 6) is 2.09. The molecule has 0 bridgehead atoms. The number of fused-ring (bicyclic) bond motifs is 3. The standard InChI is InChI=1S/C21H33NO.2C2H6.CH4/c1-15(2)16-6-8-18-17(12-16)7-9-19-20(3,13-22-14-23)10-5-11-21(18,19)4;2*1-2;/h7,12,14-15,18-19H,5-6,8-11,13H2,1-4H3,(H,22,23);2*1-2H3;1H4/t18-,19?,20-,21+;;;/m0.../s1. The van der Waals surface area contributed by atoms with Crippen LogP contribution in [0.15, 0.2) is 23.3 Å². The Morgan fingerprint density at radius 1 is 1.18 bits per heavy atom. The predicted molar refractivity (Wildman–Crippen MR) is 125 cm³/mol. The molecule has 0 radical (unpaired) electrons. The lowest BCUT2D eigenvalue weighted by Crippen LogP contribution is -2.53. The zero-order valence-corrected chi connectivity index (χ0v) is 19.3. The molecule has 3 rings (SSSR count). The van der Waals surface area contributed by atoms with Crippen LogP contribution in [0.5, 0.6) is 0 Å². The van der Waals surface area contributed by atoms with E-state index >= 15 is 0 Å². The van der Waals surface area contributed by atoms with Crippen LogP contribution in [-0.2, 0) is 4.79 Å². The van der Waals surface area contributed by atoms with Crippen LogP contribution in [0.3, 0.4) is 0 Å². The SMILES string of the molecule is C.CC.CC.CC(C)C1=CC2=CCC3[C@](C)(CNC=O)CCC[C@]3(C)[C@H]2CC1. The van der Waals surface area contributed by atoms with Gasteiger partial charge in [0.1, 0.15) is 0 Å². The van der Waals surface area contributed by atoms with Gasteiger partial charge < -0.3 is 5.32 Å². The molecule has 1 fully saturated rings. The highest BCUT2D eigenvalue weighted by Crippen LogP contribution is 2.61. The monoisotopic (exact) mass is 391 g/mol. The van der Waals surface area contributed by atoms with Crippen molar-refractivity contribution in [1.29, 1.82) is 0 Å². The fraction of sp³-hybridized carbons (Fsp3) is 0.808. The first kappa shape index (κ1) is 27.0. The summed E-state index contributed by atoms with van der Waals surface area (Å²) >= 11 is 0. The maximum absolute atomic E-state index is 10.8. The molecule has 0 aromatic carbocycles. The van der Waals surface area contributed by atoms with Crippen LogP contribution in [0.25, 0.3) is 0 Å². The summed E-state index contributed by atoms with van der Waals surface area (Å²) in [5.41, 5.74) is 3.90. The van der Waals surface area contributed by atoms with E-state index in [1.165, 1.54) is 38.5 Å². The maximum Gasteiger partial charge on any atom is 0.207 e. The third-order valence-corrected chi connectivity index (χ3v) is 7.29. The molecule has 1 N–H and O–H groups in total. The number of allylic oxidation sites excluding steroid dienone is 4. The molecule has 0 aromatic heterocycles. The molecule has 0 heterocycles. The van der Waals surface area contributed by atoms with Crippen LogP contribution in [0.4, 0.5) is 0 Å². The molecular weight excluding hydrogens is 342 g/mol. The molecule has 0 saturated heterocycles. The van der Waals surface area contributed by atoms with Gasteiger partial charge in [-0.3, -0.25) is 4.79 Å². The molecular formula is C26H49NO. The van der Waals surface area contributed by atoms with E-state index in [1.54, 1.807) is 11.1 Å². The van der Waals surface area contributed by atoms with E-state index in [2.05, 4.69) is 45.2 Å². The van der Waals surface area contributed by atoms with Crippen molar-refractivity contribution in [2.75, 3.05) is 6.54 Å². The first-order chi connectivity index (χ1) is 12.9. The van der Waals surface area contributed by atoms with Crippen LogP contribution >= 0.6 is 0 Å². The molecule has 3 aliphatic rings. The zero-order valence-electron chi connectivity index (χ0n) is 19.3. The van der Waals surface area contributed by atoms with Gasteiger partial charge in [0.05, 0.1) is 0 Å². The zero-order chi connectivity index (χ0) is 20.7. The van der Waals surface area contributed by atoms with Gasteiger partial charge in [-0.15, -0.1) is 0 Å². The Hall–Kier alpha value is -1.05. The molecule has 2 heteroatoms. The molecule has 0 aromatic rings. The van der Waals surface area contributed by atoms with Crippen molar-refractivity contribution in [2.45, 2.75) is 101 Å². The molecule has 164 valence electrons. The summed E-state index contributed by atoms with van der Waals surface area (Å²) in [6.07, 6.45) is 13.6. The lowest BCUT2D eigenvalue weighted by atomic mass is 9.47. The smallest absolute Gasteiger partial charge is 0.207 e. The Balaban J connectivity index is 0.00000137. The Bertz CT molecular complexity index is 533. The fourth-order valence-corrected chi connectivity index (χ4v) is 5.96. The Morgan fingerprint density at radius 2 is 1.82 bits per heavy atom. The van der Waals surface area contributed by atoms with E-state index in [0.717, 1.165) is 18.9 Å². The molecule has 0 aliphatic heterocycles. The molecule has 0 spiro atoms. The van der Waals surface area contributed by atoms with Crippen LogP contribution in [-0.4, -0.2) is 13.0 Å². The molecule has 3 aliphatic carbocycles. The second kappa shape index (κ2) is 11.8. The van der Waals surface area contributed by atoms with Crippen LogP contribution in [0.2, 0.25) is 0 Å². The van der Waals surface area contributed by atoms with Crippen molar-refractivity contribution in [1.82, 2.24) is 5.32 Å². The van der Waals surface area contributed by atoms with E-state index in [-0.39, 0.29) is 12.8 Å². The van der Waals surface area contributed by atoms with Gasteiger partial charge in [-0.25, -0.2) is 0 Å². The van der Waals surface area contributed by atoms with Crippen molar-refractivity contribution < 1.29 is 4.79 Å². The molecule has 1 saturated carbocycles. The van der Waals surface area contributed by atoms with Crippen molar-refractivity contribution in [2.24, 2.45) is 28.6 Å². The number of carbonyl (C=O) groups is 1. The molecule has 1 amide bonds. The number of nitrogens with one attached hydrogen (secondary N) is 1. The second-order valence-electron chi connectivity index (χ2n) is 8.97. The third-order valence-electron chi connectivity index (χ3n) is 7.29. The number of amides is 1. The summed E-state index contributed by atoms with van der Waals surface area (Å²) < 4.78 is 0. The van der Waals surface area contributed by atoms with Gasteiger partial charge in [-0.05, 0) is 66.3 Å². The number of hydrogen-bond acceptors (Lipinski definition) is 1. The Morgan fingerprint density at radius 3 is 2.39 bits per heavy atom. The minimum atomic E-state index is 0. The maximum atomic E-state index is 10.8. The summed E-state index contributed by atoms with van der Waals surface area (Å²) in [5, 5.41) is 2.99. The average molecular weight is 392 g/mol. The lowest BCUT2D eigenvalue weighted by Gasteiger charge is -2.58. The van der Waals surface area contributed by atoms with Crippen molar-refractivity contribution in [3.05, 3.63) is 23.3 Å². The normalized spacial score (nSPS) is 33.2. The largest absolute Gasteiger partial charge is 0.358 e. The lowest BCUT2D eigenvalue weighted by molar-refractivity contribution is -0.111. The second-order valence-corrected chi connectivity index (χ2v) is 8.97. The quantitative estimate of drug-likeness (QED) is 0.492. The van der Waals surface area contributed by atoms with Crippen LogP contribution in [0.1, 0.15) is 101 Å². The summed E-state index contributed by atoms with van der Waals surface area (Å²) in [4.78, 5) is 10.8. The van der Waals surface area contributed by atoms with E-state index < -0.39 is 0 Å². The van der Waals surface area contributed by atoms with Gasteiger partial charge in [-0.1, -0.05) is 87.0 Å². The first-order valence-corrected chi connectivity index (χ1v) is 11.5. The number of hydrogen-bond donors (Lipinski definition) is 1. The third kappa shape index (κ3) is 5.30. The molecule has 1 unspecified atom stereocenters. The fourth-order valence-electron chi connectivity index (χ4n) is 5.96. The van der Waals surface area contributed by atoms with Gasteiger partial charge in [0.15, 0.2) is 0 Å². The number of carbonyl (C=O) groups excluding carboxylic acids is 1. The Kier molecular flexibility index (Phi) is 11.4. The van der Waals surface area contributed by atoms with E-state index in [4.69, 9.17) is 0 Å². The summed E-state index contributed by atoms with van der Waals surface area (Å²) in [6.45, 7) is 18.4. The highest BCUT2D eigenvalue weighted by Gasteiger charge is 2.53. The molecule has 2 nitrogen and oxygen atoms in total. The van der Waals surface area contributed by atoms with Crippen molar-refractivity contribution >= 4 is 6.41 Å². The van der Waals surface area contributed by atoms with Crippen LogP contribution in [0, 0.1) is 28.6 Å². The average Bonchev–Trinajstić information content (AvgIpc) is 2.69. The topological polar surface area (TPSA) is 29.1 Å². The summed E-state index contributed by atoms with van der Waals surface area (Å²) in [7, 11) is 0. The summed E-state index contributed by atoms with van der Waals surface area (Å²) in [6, 6.07) is 0. The number of rotatable bonds is 4. The molecule has 4 atom stereocenters. The van der Waals surface area contributed by atoms with Gasteiger partial charge in [0, 0.05) is 6.54 Å². The van der Waals surface area contributed by atoms with Gasteiger partial charge in [0.25, 0.3) is 0 Å².